The van der Waals surface area contributed by atoms with E-state index in [0.717, 1.165) is 21.2 Å². The number of benzene rings is 2. The van der Waals surface area contributed by atoms with Crippen molar-refractivity contribution in [3.63, 3.8) is 0 Å². The van der Waals surface area contributed by atoms with Gasteiger partial charge >= 0.3 is 0 Å². The lowest BCUT2D eigenvalue weighted by atomic mass is 10.1. The minimum atomic E-state index is -0.645. The number of likely N-dealkylation sites (N-methyl/N-ethyl adjacent to an activating group) is 1. The average molecular weight is 468 g/mol. The molecule has 2 rings (SSSR count). The summed E-state index contributed by atoms with van der Waals surface area (Å²) >= 11 is 9.57. The molecule has 7 heteroatoms. The number of hydrogen-bond acceptors (Lipinski definition) is 3. The largest absolute Gasteiger partial charge is 0.484 e. The van der Waals surface area contributed by atoms with Gasteiger partial charge in [-0.15, -0.1) is 0 Å². The van der Waals surface area contributed by atoms with E-state index in [9.17, 15) is 9.59 Å². The highest BCUT2D eigenvalue weighted by Crippen LogP contribution is 2.26. The third-order valence-corrected chi connectivity index (χ3v) is 5.91. The molecule has 0 bridgehead atoms. The van der Waals surface area contributed by atoms with Gasteiger partial charge in [0.05, 0.1) is 0 Å². The van der Waals surface area contributed by atoms with E-state index in [1.165, 1.54) is 4.90 Å². The molecular weight excluding hydrogens is 444 g/mol. The van der Waals surface area contributed by atoms with Gasteiger partial charge in [-0.05, 0) is 61.7 Å². The van der Waals surface area contributed by atoms with Crippen LogP contribution >= 0.6 is 27.5 Å². The second kappa shape index (κ2) is 9.94. The zero-order valence-corrected chi connectivity index (χ0v) is 18.7. The van der Waals surface area contributed by atoms with Crippen molar-refractivity contribution in [3.8, 4) is 5.75 Å². The summed E-state index contributed by atoms with van der Waals surface area (Å²) in [5.41, 5.74) is 2.89. The van der Waals surface area contributed by atoms with Crippen molar-refractivity contribution in [3.05, 3.63) is 62.6 Å². The lowest BCUT2D eigenvalue weighted by Gasteiger charge is -2.28. The van der Waals surface area contributed by atoms with Crippen LogP contribution in [-0.2, 0) is 16.1 Å². The molecular formula is C21H24BrClN2O3. The Bertz CT molecular complexity index is 849. The summed E-state index contributed by atoms with van der Waals surface area (Å²) in [6.45, 7) is 5.71. The van der Waals surface area contributed by atoms with Crippen molar-refractivity contribution < 1.29 is 14.3 Å². The van der Waals surface area contributed by atoms with Crippen molar-refractivity contribution in [2.75, 3.05) is 13.7 Å². The molecule has 0 radical (unpaired) electrons. The maximum absolute atomic E-state index is 12.9. The van der Waals surface area contributed by atoms with Gasteiger partial charge in [0, 0.05) is 23.1 Å². The molecule has 0 saturated carbocycles. The predicted octanol–water partition coefficient (Wildman–Crippen LogP) is 4.26. The normalized spacial score (nSPS) is 11.6. The number of carbonyl (C=O) groups is 2. The van der Waals surface area contributed by atoms with Gasteiger partial charge in [-0.25, -0.2) is 0 Å². The van der Waals surface area contributed by atoms with Gasteiger partial charge in [-0.2, -0.15) is 0 Å². The Hall–Kier alpha value is -2.05. The monoisotopic (exact) mass is 466 g/mol. The molecule has 150 valence electrons. The van der Waals surface area contributed by atoms with Gasteiger partial charge in [-0.1, -0.05) is 39.7 Å². The molecule has 0 heterocycles. The highest BCUT2D eigenvalue weighted by atomic mass is 79.9. The maximum Gasteiger partial charge on any atom is 0.261 e. The first-order valence-corrected chi connectivity index (χ1v) is 10.0. The van der Waals surface area contributed by atoms with Gasteiger partial charge in [-0.3, -0.25) is 9.59 Å². The quantitative estimate of drug-likeness (QED) is 0.662. The lowest BCUT2D eigenvalue weighted by Crippen LogP contribution is -2.48. The zero-order chi connectivity index (χ0) is 20.8. The van der Waals surface area contributed by atoms with Crippen LogP contribution in [0.25, 0.3) is 0 Å². The van der Waals surface area contributed by atoms with Gasteiger partial charge < -0.3 is 15.0 Å². The van der Waals surface area contributed by atoms with Crippen LogP contribution in [0.15, 0.2) is 40.9 Å². The van der Waals surface area contributed by atoms with E-state index in [1.807, 2.05) is 38.1 Å². The fraction of sp³-hybridized carbons (Fsp3) is 0.333. The second-order valence-electron chi connectivity index (χ2n) is 6.60. The van der Waals surface area contributed by atoms with Crippen LogP contribution in [-0.4, -0.2) is 36.4 Å². The number of ether oxygens (including phenoxy) is 1. The third kappa shape index (κ3) is 5.72. The van der Waals surface area contributed by atoms with Crippen LogP contribution in [0, 0.1) is 13.8 Å². The molecule has 0 aliphatic carbocycles. The Balaban J connectivity index is 2.17. The molecule has 0 spiro atoms. The topological polar surface area (TPSA) is 58.6 Å². The number of amides is 2. The molecule has 0 fully saturated rings. The summed E-state index contributed by atoms with van der Waals surface area (Å²) in [6, 6.07) is 10.3. The van der Waals surface area contributed by atoms with Gasteiger partial charge in [0.15, 0.2) is 6.61 Å². The summed E-state index contributed by atoms with van der Waals surface area (Å²) in [7, 11) is 1.55. The number of halogens is 2. The van der Waals surface area contributed by atoms with E-state index in [-0.39, 0.29) is 25.0 Å². The molecule has 1 N–H and O–H groups in total. The zero-order valence-electron chi connectivity index (χ0n) is 16.4. The Morgan fingerprint density at radius 3 is 2.43 bits per heavy atom. The van der Waals surface area contributed by atoms with E-state index >= 15 is 0 Å². The van der Waals surface area contributed by atoms with E-state index < -0.39 is 6.04 Å². The summed E-state index contributed by atoms with van der Waals surface area (Å²) in [5.74, 6) is 0.0851. The standard InChI is InChI=1S/C21H24BrClN2O3/c1-13-8-18(9-14(2)20(13)22)28-12-19(26)25(15(3)21(27)24-4)11-16-6-5-7-17(23)10-16/h5-10,15H,11-12H2,1-4H3,(H,24,27)/t15-/m1/s1. The first-order valence-electron chi connectivity index (χ1n) is 8.88. The number of rotatable bonds is 7. The molecule has 0 aromatic heterocycles. The average Bonchev–Trinajstić information content (AvgIpc) is 2.67. The summed E-state index contributed by atoms with van der Waals surface area (Å²) in [5, 5.41) is 3.17. The van der Waals surface area contributed by atoms with E-state index in [4.69, 9.17) is 16.3 Å². The minimum absolute atomic E-state index is 0.164. The Morgan fingerprint density at radius 2 is 1.86 bits per heavy atom. The first-order chi connectivity index (χ1) is 13.2. The number of aryl methyl sites for hydroxylation is 2. The Morgan fingerprint density at radius 1 is 1.21 bits per heavy atom. The first kappa shape index (κ1) is 22.2. The smallest absolute Gasteiger partial charge is 0.261 e. The van der Waals surface area contributed by atoms with Crippen molar-refractivity contribution in [1.82, 2.24) is 10.2 Å². The highest BCUT2D eigenvalue weighted by molar-refractivity contribution is 9.10. The molecule has 0 unspecified atom stereocenters. The number of carbonyl (C=O) groups excluding carboxylic acids is 2. The summed E-state index contributed by atoms with van der Waals surface area (Å²) in [6.07, 6.45) is 0. The molecule has 0 aliphatic rings. The molecule has 5 nitrogen and oxygen atoms in total. The van der Waals surface area contributed by atoms with Crippen molar-refractivity contribution in [2.24, 2.45) is 0 Å². The maximum atomic E-state index is 12.9. The fourth-order valence-corrected chi connectivity index (χ4v) is 3.28. The SMILES string of the molecule is CNC(=O)[C@@H](C)N(Cc1cccc(Cl)c1)C(=O)COc1cc(C)c(Br)c(C)c1. The predicted molar refractivity (Wildman–Crippen MR) is 115 cm³/mol. The molecule has 28 heavy (non-hydrogen) atoms. The number of hydrogen-bond donors (Lipinski definition) is 1. The lowest BCUT2D eigenvalue weighted by molar-refractivity contribution is -0.142. The van der Waals surface area contributed by atoms with E-state index in [2.05, 4.69) is 21.2 Å². The van der Waals surface area contributed by atoms with Crippen LogP contribution in [0.3, 0.4) is 0 Å². The summed E-state index contributed by atoms with van der Waals surface area (Å²) in [4.78, 5) is 26.5. The third-order valence-electron chi connectivity index (χ3n) is 4.43. The van der Waals surface area contributed by atoms with Crippen LogP contribution in [0.5, 0.6) is 5.75 Å². The van der Waals surface area contributed by atoms with Crippen molar-refractivity contribution >= 4 is 39.3 Å². The molecule has 2 amide bonds. The molecule has 0 aliphatic heterocycles. The van der Waals surface area contributed by atoms with Crippen molar-refractivity contribution in [2.45, 2.75) is 33.4 Å². The van der Waals surface area contributed by atoms with Gasteiger partial charge in [0.1, 0.15) is 11.8 Å². The molecule has 2 aromatic rings. The van der Waals surface area contributed by atoms with Gasteiger partial charge in [0.25, 0.3) is 5.91 Å². The van der Waals surface area contributed by atoms with Crippen LogP contribution < -0.4 is 10.1 Å². The number of nitrogens with zero attached hydrogens (tertiary/aromatic N) is 1. The fourth-order valence-electron chi connectivity index (χ4n) is 2.84. The van der Waals surface area contributed by atoms with Crippen LogP contribution in [0.1, 0.15) is 23.6 Å². The minimum Gasteiger partial charge on any atom is -0.484 e. The van der Waals surface area contributed by atoms with Crippen LogP contribution in [0.2, 0.25) is 5.02 Å². The van der Waals surface area contributed by atoms with Crippen LogP contribution in [0.4, 0.5) is 0 Å². The Kier molecular flexibility index (Phi) is 7.89. The molecule has 0 saturated heterocycles. The van der Waals surface area contributed by atoms with E-state index in [0.29, 0.717) is 10.8 Å². The van der Waals surface area contributed by atoms with E-state index in [1.54, 1.807) is 26.1 Å². The molecule has 1 atom stereocenters. The molecule has 2 aromatic carbocycles. The summed E-state index contributed by atoms with van der Waals surface area (Å²) < 4.78 is 6.74. The van der Waals surface area contributed by atoms with Crippen molar-refractivity contribution in [1.29, 1.82) is 0 Å². The highest BCUT2D eigenvalue weighted by Gasteiger charge is 2.26. The second-order valence-corrected chi connectivity index (χ2v) is 7.83. The number of nitrogens with one attached hydrogen (secondary N) is 1. The Labute approximate surface area is 179 Å². The van der Waals surface area contributed by atoms with Gasteiger partial charge in [0.2, 0.25) is 5.91 Å².